The molecule has 0 aliphatic heterocycles. The van der Waals surface area contributed by atoms with Crippen LogP contribution >= 0.6 is 0 Å². The molecule has 4 heterocycles. The lowest BCUT2D eigenvalue weighted by Crippen LogP contribution is -2.06. The Bertz CT molecular complexity index is 3990. The first-order chi connectivity index (χ1) is 31.2. The van der Waals surface area contributed by atoms with Crippen molar-refractivity contribution in [3.8, 4) is 34.2 Å². The standard InChI is InChI=1S/C58H34N4O/c1-2-17-39-38(16-1)46-31-36(28-29-40(46)47-32-49-45-22-7-12-27-54(45)63-55(49)33-48(39)47)35-14-13-15-37(30-35)58-59-56(61-50-23-8-3-18-41(50)42-19-4-9-24-51(42)61)34-57(60-58)62-52-25-10-5-20-43(52)44-21-6-11-26-53(44)62/h1-34H. The van der Waals surface area contributed by atoms with Crippen LogP contribution in [0.2, 0.25) is 0 Å². The molecule has 0 aliphatic rings. The van der Waals surface area contributed by atoms with Crippen LogP contribution in [0.15, 0.2) is 211 Å². The smallest absolute Gasteiger partial charge is 0.163 e. The molecule has 0 fully saturated rings. The van der Waals surface area contributed by atoms with Gasteiger partial charge in [0.25, 0.3) is 0 Å². The van der Waals surface area contributed by atoms with Crippen molar-refractivity contribution in [2.45, 2.75) is 0 Å². The SMILES string of the molecule is c1cc(-c2ccc3c(c2)c2ccccc2c2cc4oc5ccccc5c4cc32)cc(-c2nc(-n3c4ccccc4c4ccccc43)cc(-n3c4ccccc4c4ccccc43)n2)c1. The van der Waals surface area contributed by atoms with Gasteiger partial charge >= 0.3 is 0 Å². The van der Waals surface area contributed by atoms with Crippen molar-refractivity contribution in [3.05, 3.63) is 206 Å². The second-order valence-electron chi connectivity index (χ2n) is 16.5. The lowest BCUT2D eigenvalue weighted by Gasteiger charge is -2.15. The Morgan fingerprint density at radius 1 is 0.270 bits per heavy atom. The van der Waals surface area contributed by atoms with E-state index in [2.05, 4.69) is 203 Å². The van der Waals surface area contributed by atoms with E-state index in [9.17, 15) is 0 Å². The molecule has 10 aromatic carbocycles. The fourth-order valence-corrected chi connectivity index (χ4v) is 10.3. The fraction of sp³-hybridized carbons (Fsp3) is 0. The summed E-state index contributed by atoms with van der Waals surface area (Å²) in [5.74, 6) is 2.27. The first-order valence-electron chi connectivity index (χ1n) is 21.4. The van der Waals surface area contributed by atoms with Crippen LogP contribution in [0.1, 0.15) is 0 Å². The minimum absolute atomic E-state index is 0.654. The van der Waals surface area contributed by atoms with Gasteiger partial charge in [0.15, 0.2) is 5.82 Å². The third-order valence-corrected chi connectivity index (χ3v) is 13.1. The number of aromatic nitrogens is 4. The summed E-state index contributed by atoms with van der Waals surface area (Å²) >= 11 is 0. The Kier molecular flexibility index (Phi) is 7.05. The quantitative estimate of drug-likeness (QED) is 0.167. The molecule has 0 radical (unpaired) electrons. The molecule has 0 spiro atoms. The van der Waals surface area contributed by atoms with Crippen LogP contribution in [0, 0.1) is 0 Å². The maximum atomic E-state index is 6.37. The zero-order valence-corrected chi connectivity index (χ0v) is 33.8. The Morgan fingerprint density at radius 3 is 1.30 bits per heavy atom. The molecule has 14 rings (SSSR count). The molecular formula is C58H34N4O. The minimum atomic E-state index is 0.654. The zero-order valence-electron chi connectivity index (χ0n) is 33.8. The predicted molar refractivity (Wildman–Crippen MR) is 261 cm³/mol. The highest BCUT2D eigenvalue weighted by Gasteiger charge is 2.20. The van der Waals surface area contributed by atoms with E-state index in [0.29, 0.717) is 5.82 Å². The topological polar surface area (TPSA) is 48.8 Å². The molecule has 0 amide bonds. The predicted octanol–water partition coefficient (Wildman–Crippen LogP) is 15.4. The molecule has 63 heavy (non-hydrogen) atoms. The summed E-state index contributed by atoms with van der Waals surface area (Å²) in [6, 6.07) is 73.7. The maximum absolute atomic E-state index is 6.37. The highest BCUT2D eigenvalue weighted by molar-refractivity contribution is 6.28. The van der Waals surface area contributed by atoms with Crippen molar-refractivity contribution < 1.29 is 4.42 Å². The lowest BCUT2D eigenvalue weighted by molar-refractivity contribution is 0.669. The van der Waals surface area contributed by atoms with Crippen molar-refractivity contribution in [1.29, 1.82) is 0 Å². The van der Waals surface area contributed by atoms with Crippen molar-refractivity contribution >= 4 is 97.9 Å². The molecule has 5 heteroatoms. The van der Waals surface area contributed by atoms with E-state index in [-0.39, 0.29) is 0 Å². The molecule has 0 atom stereocenters. The average Bonchev–Trinajstić information content (AvgIpc) is 4.01. The number of furan rings is 1. The van der Waals surface area contributed by atoms with Gasteiger partial charge in [0.05, 0.1) is 22.1 Å². The van der Waals surface area contributed by atoms with E-state index in [4.69, 9.17) is 14.4 Å². The Balaban J connectivity index is 0.993. The summed E-state index contributed by atoms with van der Waals surface area (Å²) in [5.41, 5.74) is 9.38. The average molecular weight is 803 g/mol. The van der Waals surface area contributed by atoms with E-state index < -0.39 is 0 Å². The third-order valence-electron chi connectivity index (χ3n) is 13.1. The molecule has 292 valence electrons. The number of rotatable bonds is 4. The highest BCUT2D eigenvalue weighted by Crippen LogP contribution is 2.42. The molecule has 0 bridgehead atoms. The van der Waals surface area contributed by atoms with Crippen LogP contribution in [0.25, 0.3) is 132 Å². The molecule has 0 N–H and O–H groups in total. The Labute approximate surface area is 360 Å². The van der Waals surface area contributed by atoms with Crippen LogP contribution in [-0.4, -0.2) is 19.1 Å². The highest BCUT2D eigenvalue weighted by atomic mass is 16.3. The van der Waals surface area contributed by atoms with E-state index in [1.807, 2.05) is 12.1 Å². The summed E-state index contributed by atoms with van der Waals surface area (Å²) < 4.78 is 10.9. The van der Waals surface area contributed by atoms with Crippen molar-refractivity contribution in [3.63, 3.8) is 0 Å². The first kappa shape index (κ1) is 34.2. The molecule has 4 aromatic heterocycles. The maximum Gasteiger partial charge on any atom is 0.163 e. The van der Waals surface area contributed by atoms with Crippen LogP contribution in [0.4, 0.5) is 0 Å². The van der Waals surface area contributed by atoms with Gasteiger partial charge < -0.3 is 4.42 Å². The van der Waals surface area contributed by atoms with Gasteiger partial charge in [0, 0.05) is 43.9 Å². The number of fused-ring (bicyclic) bond motifs is 15. The van der Waals surface area contributed by atoms with Gasteiger partial charge in [-0.15, -0.1) is 0 Å². The van der Waals surface area contributed by atoms with Gasteiger partial charge in [-0.2, -0.15) is 0 Å². The van der Waals surface area contributed by atoms with Gasteiger partial charge in [0.2, 0.25) is 0 Å². The number of benzene rings is 10. The number of hydrogen-bond acceptors (Lipinski definition) is 3. The van der Waals surface area contributed by atoms with Gasteiger partial charge in [-0.05, 0) is 98.0 Å². The molecule has 0 saturated heterocycles. The van der Waals surface area contributed by atoms with Gasteiger partial charge in [0.1, 0.15) is 22.8 Å². The molecule has 5 nitrogen and oxygen atoms in total. The van der Waals surface area contributed by atoms with E-state index in [1.54, 1.807) is 0 Å². The summed E-state index contributed by atoms with van der Waals surface area (Å²) in [5, 5.41) is 14.3. The first-order valence-corrected chi connectivity index (χ1v) is 21.4. The van der Waals surface area contributed by atoms with Crippen molar-refractivity contribution in [2.75, 3.05) is 0 Å². The van der Waals surface area contributed by atoms with Crippen LogP contribution in [0.5, 0.6) is 0 Å². The molecular weight excluding hydrogens is 769 g/mol. The van der Waals surface area contributed by atoms with Gasteiger partial charge in [-0.3, -0.25) is 9.13 Å². The second kappa shape index (κ2) is 13.0. The lowest BCUT2D eigenvalue weighted by atomic mass is 9.91. The molecule has 0 saturated carbocycles. The molecule has 0 unspecified atom stereocenters. The van der Waals surface area contributed by atoms with Gasteiger partial charge in [-0.25, -0.2) is 9.97 Å². The number of hydrogen-bond donors (Lipinski definition) is 0. The Morgan fingerprint density at radius 2 is 0.714 bits per heavy atom. The largest absolute Gasteiger partial charge is 0.456 e. The normalized spacial score (nSPS) is 12.1. The zero-order chi connectivity index (χ0) is 41.2. The van der Waals surface area contributed by atoms with E-state index >= 15 is 0 Å². The van der Waals surface area contributed by atoms with Gasteiger partial charge in [-0.1, -0.05) is 146 Å². The second-order valence-corrected chi connectivity index (χ2v) is 16.5. The number of para-hydroxylation sites is 5. The third kappa shape index (κ3) is 4.99. The monoisotopic (exact) mass is 802 g/mol. The molecule has 14 aromatic rings. The van der Waals surface area contributed by atoms with Crippen molar-refractivity contribution in [2.24, 2.45) is 0 Å². The Hall–Kier alpha value is -8.54. The van der Waals surface area contributed by atoms with Crippen LogP contribution in [0.3, 0.4) is 0 Å². The summed E-state index contributed by atoms with van der Waals surface area (Å²) in [4.78, 5) is 10.9. The van der Waals surface area contributed by atoms with E-state index in [1.165, 1.54) is 53.9 Å². The summed E-state index contributed by atoms with van der Waals surface area (Å²) in [6.45, 7) is 0. The molecule has 0 aliphatic carbocycles. The summed E-state index contributed by atoms with van der Waals surface area (Å²) in [7, 11) is 0. The summed E-state index contributed by atoms with van der Waals surface area (Å²) in [6.07, 6.45) is 0. The van der Waals surface area contributed by atoms with Crippen LogP contribution in [-0.2, 0) is 0 Å². The van der Waals surface area contributed by atoms with Crippen LogP contribution < -0.4 is 0 Å². The van der Waals surface area contributed by atoms with Crippen molar-refractivity contribution in [1.82, 2.24) is 19.1 Å². The number of nitrogens with zero attached hydrogens (tertiary/aromatic N) is 4. The minimum Gasteiger partial charge on any atom is -0.456 e. The fourth-order valence-electron chi connectivity index (χ4n) is 10.3. The van der Waals surface area contributed by atoms with E-state index in [0.717, 1.165) is 72.3 Å².